The maximum Gasteiger partial charge on any atom is 0.287 e. The maximum atomic E-state index is 10.8. The number of nitrogens with zero attached hydrogens (tertiary/aromatic N) is 3. The number of carbonyl (C=O) groups excluding carboxylic acids is 1. The first kappa shape index (κ1) is 8.87. The van der Waals surface area contributed by atoms with Crippen LogP contribution in [0, 0.1) is 6.92 Å². The fourth-order valence-corrected chi connectivity index (χ4v) is 1.32. The number of amides is 1. The first-order valence-corrected chi connectivity index (χ1v) is 4.49. The molecule has 1 aromatic rings. The molecule has 14 heavy (non-hydrogen) atoms. The predicted octanol–water partition coefficient (Wildman–Crippen LogP) is 1.70. The highest BCUT2D eigenvalue weighted by atomic mass is 16.2. The van der Waals surface area contributed by atoms with Crippen molar-refractivity contribution >= 4 is 5.91 Å². The summed E-state index contributed by atoms with van der Waals surface area (Å²) in [4.78, 5) is 10.8. The highest BCUT2D eigenvalue weighted by molar-refractivity contribution is 5.79. The van der Waals surface area contributed by atoms with E-state index in [1.807, 2.05) is 31.2 Å². The van der Waals surface area contributed by atoms with Gasteiger partial charge >= 0.3 is 0 Å². The summed E-state index contributed by atoms with van der Waals surface area (Å²) in [6.07, 6.45) is 0. The Morgan fingerprint density at radius 2 is 2.07 bits per heavy atom. The van der Waals surface area contributed by atoms with E-state index in [0.29, 0.717) is 13.1 Å². The van der Waals surface area contributed by atoms with Crippen molar-refractivity contribution < 1.29 is 4.79 Å². The minimum Gasteiger partial charge on any atom is -0.269 e. The van der Waals surface area contributed by atoms with E-state index in [4.69, 9.17) is 0 Å². The molecule has 0 atom stereocenters. The van der Waals surface area contributed by atoms with Crippen molar-refractivity contribution in [2.45, 2.75) is 13.5 Å². The van der Waals surface area contributed by atoms with Gasteiger partial charge < -0.3 is 0 Å². The smallest absolute Gasteiger partial charge is 0.269 e. The Morgan fingerprint density at radius 3 is 2.64 bits per heavy atom. The summed E-state index contributed by atoms with van der Waals surface area (Å²) < 4.78 is 0. The molecule has 0 fully saturated rings. The Morgan fingerprint density at radius 1 is 1.36 bits per heavy atom. The molecule has 0 spiro atoms. The predicted molar refractivity (Wildman–Crippen MR) is 51.5 cm³/mol. The number of benzene rings is 1. The van der Waals surface area contributed by atoms with Crippen molar-refractivity contribution in [1.29, 1.82) is 0 Å². The van der Waals surface area contributed by atoms with Crippen LogP contribution < -0.4 is 0 Å². The number of hydrogen-bond donors (Lipinski definition) is 0. The average Bonchev–Trinajstić information content (AvgIpc) is 2.56. The molecule has 0 saturated heterocycles. The van der Waals surface area contributed by atoms with Crippen LogP contribution in [-0.2, 0) is 11.3 Å². The van der Waals surface area contributed by atoms with E-state index in [-0.39, 0.29) is 5.91 Å². The maximum absolute atomic E-state index is 10.8. The average molecular weight is 189 g/mol. The van der Waals surface area contributed by atoms with Crippen molar-refractivity contribution in [3.05, 3.63) is 35.4 Å². The van der Waals surface area contributed by atoms with Crippen LogP contribution in [0.4, 0.5) is 0 Å². The molecule has 1 amide bonds. The molecule has 1 heterocycles. The summed E-state index contributed by atoms with van der Waals surface area (Å²) in [6, 6.07) is 8.16. The van der Waals surface area contributed by atoms with Crippen LogP contribution in [0.1, 0.15) is 11.1 Å². The monoisotopic (exact) mass is 189 g/mol. The van der Waals surface area contributed by atoms with Gasteiger partial charge in [0.1, 0.15) is 6.54 Å². The molecule has 4 nitrogen and oxygen atoms in total. The molecule has 2 rings (SSSR count). The van der Waals surface area contributed by atoms with Gasteiger partial charge in [-0.2, -0.15) is 0 Å². The van der Waals surface area contributed by atoms with Gasteiger partial charge in [-0.15, -0.1) is 0 Å². The molecule has 1 aliphatic rings. The van der Waals surface area contributed by atoms with Gasteiger partial charge in [0.2, 0.25) is 0 Å². The standard InChI is InChI=1S/C10H11N3O/c1-8-2-4-9(5-3-8)6-13-7-10(14)11-12-13/h2-5H,6-7H2,1H3. The molecule has 0 saturated carbocycles. The molecule has 0 unspecified atom stereocenters. The van der Waals surface area contributed by atoms with Crippen molar-refractivity contribution in [1.82, 2.24) is 5.01 Å². The van der Waals surface area contributed by atoms with Gasteiger partial charge in [-0.3, -0.25) is 9.80 Å². The number of hydrogen-bond acceptors (Lipinski definition) is 3. The Balaban J connectivity index is 2.01. The van der Waals surface area contributed by atoms with Crippen molar-refractivity contribution in [3.63, 3.8) is 0 Å². The summed E-state index contributed by atoms with van der Waals surface area (Å²) in [7, 11) is 0. The quantitative estimate of drug-likeness (QED) is 0.710. The highest BCUT2D eigenvalue weighted by Gasteiger charge is 2.14. The van der Waals surface area contributed by atoms with Gasteiger partial charge in [0.15, 0.2) is 0 Å². The van der Waals surface area contributed by atoms with Crippen molar-refractivity contribution in [2.24, 2.45) is 10.3 Å². The van der Waals surface area contributed by atoms with E-state index < -0.39 is 0 Å². The highest BCUT2D eigenvalue weighted by Crippen LogP contribution is 2.10. The topological polar surface area (TPSA) is 45.0 Å². The molecule has 0 bridgehead atoms. The molecular formula is C10H11N3O. The summed E-state index contributed by atoms with van der Waals surface area (Å²) in [5.41, 5.74) is 2.37. The van der Waals surface area contributed by atoms with E-state index in [1.54, 1.807) is 5.01 Å². The van der Waals surface area contributed by atoms with Crippen LogP contribution >= 0.6 is 0 Å². The zero-order chi connectivity index (χ0) is 9.97. The lowest BCUT2D eigenvalue weighted by molar-refractivity contribution is -0.117. The minimum absolute atomic E-state index is 0.169. The third-order valence-electron chi connectivity index (χ3n) is 2.09. The van der Waals surface area contributed by atoms with Gasteiger partial charge in [-0.1, -0.05) is 40.2 Å². The molecule has 0 N–H and O–H groups in total. The SMILES string of the molecule is Cc1ccc(CN2CC(=O)N=N2)cc1. The molecule has 4 heteroatoms. The summed E-state index contributed by atoms with van der Waals surface area (Å²) in [6.45, 7) is 2.99. The molecule has 1 aromatic carbocycles. The van der Waals surface area contributed by atoms with Crippen LogP contribution in [0.2, 0.25) is 0 Å². The zero-order valence-electron chi connectivity index (χ0n) is 7.97. The Bertz CT molecular complexity index is 369. The van der Waals surface area contributed by atoms with E-state index in [9.17, 15) is 4.79 Å². The number of carbonyl (C=O) groups is 1. The zero-order valence-corrected chi connectivity index (χ0v) is 7.97. The summed E-state index contributed by atoms with van der Waals surface area (Å²) in [5, 5.41) is 8.85. The van der Waals surface area contributed by atoms with Crippen LogP contribution in [0.25, 0.3) is 0 Å². The van der Waals surface area contributed by atoms with Gasteiger partial charge in [0.05, 0.1) is 6.54 Å². The second kappa shape index (κ2) is 3.57. The van der Waals surface area contributed by atoms with Crippen LogP contribution in [0.15, 0.2) is 34.6 Å². The Kier molecular flexibility index (Phi) is 2.26. The second-order valence-electron chi connectivity index (χ2n) is 3.39. The summed E-state index contributed by atoms with van der Waals surface area (Å²) >= 11 is 0. The Labute approximate surface area is 82.2 Å². The first-order chi connectivity index (χ1) is 6.74. The van der Waals surface area contributed by atoms with Crippen molar-refractivity contribution in [2.75, 3.05) is 6.54 Å². The molecule has 1 aliphatic heterocycles. The largest absolute Gasteiger partial charge is 0.287 e. The third kappa shape index (κ3) is 1.96. The van der Waals surface area contributed by atoms with Gasteiger partial charge in [-0.05, 0) is 12.5 Å². The van der Waals surface area contributed by atoms with Crippen LogP contribution in [0.3, 0.4) is 0 Å². The summed E-state index contributed by atoms with van der Waals surface area (Å²) in [5.74, 6) is -0.169. The third-order valence-corrected chi connectivity index (χ3v) is 2.09. The Hall–Kier alpha value is -1.71. The number of rotatable bonds is 2. The molecule has 0 aromatic heterocycles. The normalized spacial score (nSPS) is 15.2. The van der Waals surface area contributed by atoms with E-state index in [1.165, 1.54) is 5.56 Å². The van der Waals surface area contributed by atoms with E-state index >= 15 is 0 Å². The van der Waals surface area contributed by atoms with E-state index in [0.717, 1.165) is 5.56 Å². The van der Waals surface area contributed by atoms with Crippen molar-refractivity contribution in [3.8, 4) is 0 Å². The lowest BCUT2D eigenvalue weighted by Crippen LogP contribution is -2.17. The lowest BCUT2D eigenvalue weighted by atomic mass is 10.1. The molecule has 72 valence electrons. The van der Waals surface area contributed by atoms with Crippen LogP contribution in [0.5, 0.6) is 0 Å². The van der Waals surface area contributed by atoms with Gasteiger partial charge in [0.25, 0.3) is 5.91 Å². The number of aryl methyl sites for hydroxylation is 1. The fourth-order valence-electron chi connectivity index (χ4n) is 1.32. The second-order valence-corrected chi connectivity index (χ2v) is 3.39. The molecule has 0 aliphatic carbocycles. The fraction of sp³-hybridized carbons (Fsp3) is 0.300. The van der Waals surface area contributed by atoms with Gasteiger partial charge in [-0.25, -0.2) is 0 Å². The lowest BCUT2D eigenvalue weighted by Gasteiger charge is -2.10. The van der Waals surface area contributed by atoms with Crippen LogP contribution in [-0.4, -0.2) is 17.5 Å². The minimum atomic E-state index is -0.169. The molecular weight excluding hydrogens is 178 g/mol. The van der Waals surface area contributed by atoms with E-state index in [2.05, 4.69) is 10.3 Å². The van der Waals surface area contributed by atoms with Gasteiger partial charge in [0, 0.05) is 0 Å². The molecule has 0 radical (unpaired) electrons. The first-order valence-electron chi connectivity index (χ1n) is 4.49.